The SMILES string of the molecule is Cc1cccc2c(N3CCC(C(=O)NCc4cccnc4)CC3)ccnc12. The molecule has 27 heavy (non-hydrogen) atoms. The third-order valence-corrected chi connectivity index (χ3v) is 5.35. The van der Waals surface area contributed by atoms with Crippen LogP contribution in [0.3, 0.4) is 0 Å². The predicted octanol–water partition coefficient (Wildman–Crippen LogP) is 3.47. The number of aromatic nitrogens is 2. The molecule has 1 aliphatic rings. The smallest absolute Gasteiger partial charge is 0.223 e. The van der Waals surface area contributed by atoms with Gasteiger partial charge in [0, 0.05) is 55.2 Å². The van der Waals surface area contributed by atoms with Gasteiger partial charge in [0.1, 0.15) is 0 Å². The molecule has 5 heteroatoms. The summed E-state index contributed by atoms with van der Waals surface area (Å²) >= 11 is 0. The second-order valence-corrected chi connectivity index (χ2v) is 7.14. The highest BCUT2D eigenvalue weighted by atomic mass is 16.1. The molecule has 138 valence electrons. The molecule has 1 N–H and O–H groups in total. The number of fused-ring (bicyclic) bond motifs is 1. The fourth-order valence-corrected chi connectivity index (χ4v) is 3.80. The Morgan fingerprint density at radius 2 is 2.00 bits per heavy atom. The standard InChI is InChI=1S/C22H24N4O/c1-16-4-2-6-19-20(7-11-24-21(16)19)26-12-8-18(9-13-26)22(27)25-15-17-5-3-10-23-14-17/h2-7,10-11,14,18H,8-9,12-13,15H2,1H3,(H,25,27). The molecule has 1 saturated heterocycles. The van der Waals surface area contributed by atoms with Crippen molar-refractivity contribution in [3.05, 3.63) is 66.1 Å². The fraction of sp³-hybridized carbons (Fsp3) is 0.318. The molecule has 0 unspecified atom stereocenters. The van der Waals surface area contributed by atoms with Gasteiger partial charge in [-0.15, -0.1) is 0 Å². The Morgan fingerprint density at radius 1 is 1.15 bits per heavy atom. The van der Waals surface area contributed by atoms with Crippen LogP contribution in [0, 0.1) is 12.8 Å². The summed E-state index contributed by atoms with van der Waals surface area (Å²) in [6.07, 6.45) is 7.16. The van der Waals surface area contributed by atoms with Crippen LogP contribution >= 0.6 is 0 Å². The van der Waals surface area contributed by atoms with Crippen molar-refractivity contribution < 1.29 is 4.79 Å². The molecule has 3 heterocycles. The highest BCUT2D eigenvalue weighted by Crippen LogP contribution is 2.30. The van der Waals surface area contributed by atoms with Crippen molar-refractivity contribution in [2.75, 3.05) is 18.0 Å². The summed E-state index contributed by atoms with van der Waals surface area (Å²) in [5.41, 5.74) is 4.50. The van der Waals surface area contributed by atoms with Gasteiger partial charge < -0.3 is 10.2 Å². The van der Waals surface area contributed by atoms with Crippen LogP contribution in [-0.2, 0) is 11.3 Å². The fourth-order valence-electron chi connectivity index (χ4n) is 3.80. The van der Waals surface area contributed by atoms with E-state index >= 15 is 0 Å². The van der Waals surface area contributed by atoms with E-state index < -0.39 is 0 Å². The van der Waals surface area contributed by atoms with Crippen molar-refractivity contribution in [1.29, 1.82) is 0 Å². The van der Waals surface area contributed by atoms with E-state index in [1.807, 2.05) is 18.3 Å². The van der Waals surface area contributed by atoms with Gasteiger partial charge in [-0.25, -0.2) is 0 Å². The molecule has 0 saturated carbocycles. The zero-order chi connectivity index (χ0) is 18.6. The molecular formula is C22H24N4O. The number of anilines is 1. The van der Waals surface area contributed by atoms with E-state index in [9.17, 15) is 4.79 Å². The average Bonchev–Trinajstić information content (AvgIpc) is 2.73. The van der Waals surface area contributed by atoms with Crippen LogP contribution in [0.5, 0.6) is 0 Å². The van der Waals surface area contributed by atoms with E-state index in [0.717, 1.165) is 37.0 Å². The Bertz CT molecular complexity index is 933. The number of hydrogen-bond acceptors (Lipinski definition) is 4. The Balaban J connectivity index is 1.39. The minimum Gasteiger partial charge on any atom is -0.371 e. The van der Waals surface area contributed by atoms with Gasteiger partial charge in [-0.1, -0.05) is 24.3 Å². The highest BCUT2D eigenvalue weighted by Gasteiger charge is 2.25. The molecule has 0 radical (unpaired) electrons. The highest BCUT2D eigenvalue weighted by molar-refractivity contribution is 5.93. The Labute approximate surface area is 159 Å². The van der Waals surface area contributed by atoms with Crippen molar-refractivity contribution in [3.63, 3.8) is 0 Å². The summed E-state index contributed by atoms with van der Waals surface area (Å²) in [7, 11) is 0. The van der Waals surface area contributed by atoms with Crippen LogP contribution in [0.1, 0.15) is 24.0 Å². The lowest BCUT2D eigenvalue weighted by Gasteiger charge is -2.33. The number of pyridine rings is 2. The molecule has 0 aliphatic carbocycles. The lowest BCUT2D eigenvalue weighted by molar-refractivity contribution is -0.125. The minimum absolute atomic E-state index is 0.0766. The second kappa shape index (κ2) is 7.74. The van der Waals surface area contributed by atoms with Crippen LogP contribution in [0.15, 0.2) is 55.0 Å². The molecule has 0 atom stereocenters. The summed E-state index contributed by atoms with van der Waals surface area (Å²) in [5.74, 6) is 0.224. The molecule has 0 spiro atoms. The van der Waals surface area contributed by atoms with E-state index in [-0.39, 0.29) is 11.8 Å². The second-order valence-electron chi connectivity index (χ2n) is 7.14. The number of para-hydroxylation sites is 1. The van der Waals surface area contributed by atoms with Gasteiger partial charge in [-0.3, -0.25) is 14.8 Å². The van der Waals surface area contributed by atoms with Crippen molar-refractivity contribution in [1.82, 2.24) is 15.3 Å². The maximum Gasteiger partial charge on any atom is 0.223 e. The van der Waals surface area contributed by atoms with Crippen molar-refractivity contribution in [2.45, 2.75) is 26.3 Å². The molecule has 4 rings (SSSR count). The quantitative estimate of drug-likeness (QED) is 0.774. The number of carbonyl (C=O) groups is 1. The first kappa shape index (κ1) is 17.5. The van der Waals surface area contributed by atoms with Gasteiger partial charge >= 0.3 is 0 Å². The number of carbonyl (C=O) groups excluding carboxylic acids is 1. The van der Waals surface area contributed by atoms with E-state index in [1.54, 1.807) is 12.4 Å². The molecule has 0 bridgehead atoms. The lowest BCUT2D eigenvalue weighted by Crippen LogP contribution is -2.40. The van der Waals surface area contributed by atoms with E-state index in [0.29, 0.717) is 6.54 Å². The molecule has 1 fully saturated rings. The van der Waals surface area contributed by atoms with Crippen molar-refractivity contribution >= 4 is 22.5 Å². The van der Waals surface area contributed by atoms with Gasteiger partial charge in [-0.2, -0.15) is 0 Å². The molecule has 1 aliphatic heterocycles. The van der Waals surface area contributed by atoms with Gasteiger partial charge in [-0.05, 0) is 43.0 Å². The van der Waals surface area contributed by atoms with Crippen LogP contribution in [-0.4, -0.2) is 29.0 Å². The van der Waals surface area contributed by atoms with Gasteiger partial charge in [0.25, 0.3) is 0 Å². The largest absolute Gasteiger partial charge is 0.371 e. The molecule has 3 aromatic rings. The summed E-state index contributed by atoms with van der Waals surface area (Å²) in [6.45, 7) is 4.41. The minimum atomic E-state index is 0.0766. The number of amides is 1. The average molecular weight is 360 g/mol. The van der Waals surface area contributed by atoms with Crippen LogP contribution < -0.4 is 10.2 Å². The Kier molecular flexibility index (Phi) is 5.01. The number of rotatable bonds is 4. The molecule has 5 nitrogen and oxygen atoms in total. The predicted molar refractivity (Wildman–Crippen MR) is 108 cm³/mol. The van der Waals surface area contributed by atoms with Crippen molar-refractivity contribution in [2.24, 2.45) is 5.92 Å². The van der Waals surface area contributed by atoms with E-state index in [4.69, 9.17) is 0 Å². The number of benzene rings is 1. The maximum absolute atomic E-state index is 12.5. The van der Waals surface area contributed by atoms with Crippen LogP contribution in [0.2, 0.25) is 0 Å². The van der Waals surface area contributed by atoms with E-state index in [2.05, 4.69) is 51.4 Å². The summed E-state index contributed by atoms with van der Waals surface area (Å²) in [6, 6.07) is 12.3. The number of nitrogens with one attached hydrogen (secondary N) is 1. The third kappa shape index (κ3) is 3.77. The lowest BCUT2D eigenvalue weighted by atomic mass is 9.95. The zero-order valence-corrected chi connectivity index (χ0v) is 15.6. The number of nitrogens with zero attached hydrogens (tertiary/aromatic N) is 3. The summed E-state index contributed by atoms with van der Waals surface area (Å²) in [4.78, 5) is 23.5. The van der Waals surface area contributed by atoms with Gasteiger partial charge in [0.15, 0.2) is 0 Å². The van der Waals surface area contributed by atoms with E-state index in [1.165, 1.54) is 16.6 Å². The van der Waals surface area contributed by atoms with Gasteiger partial charge in [0.05, 0.1) is 5.52 Å². The van der Waals surface area contributed by atoms with Gasteiger partial charge in [0.2, 0.25) is 5.91 Å². The first-order chi connectivity index (χ1) is 13.2. The summed E-state index contributed by atoms with van der Waals surface area (Å²) in [5, 5.41) is 4.24. The number of aryl methyl sites for hydroxylation is 1. The van der Waals surface area contributed by atoms with Crippen LogP contribution in [0.4, 0.5) is 5.69 Å². The number of hydrogen-bond donors (Lipinski definition) is 1. The maximum atomic E-state index is 12.5. The third-order valence-electron chi connectivity index (χ3n) is 5.35. The first-order valence-corrected chi connectivity index (χ1v) is 9.48. The summed E-state index contributed by atoms with van der Waals surface area (Å²) < 4.78 is 0. The van der Waals surface area contributed by atoms with Crippen LogP contribution in [0.25, 0.3) is 10.9 Å². The molecular weight excluding hydrogens is 336 g/mol. The molecule has 2 aromatic heterocycles. The Morgan fingerprint density at radius 3 is 2.78 bits per heavy atom. The molecule has 1 amide bonds. The first-order valence-electron chi connectivity index (χ1n) is 9.48. The number of piperidine rings is 1. The zero-order valence-electron chi connectivity index (χ0n) is 15.6. The van der Waals surface area contributed by atoms with Crippen molar-refractivity contribution in [3.8, 4) is 0 Å². The monoisotopic (exact) mass is 360 g/mol. The normalized spacial score (nSPS) is 15.1. The Hall–Kier alpha value is -2.95. The molecule has 1 aromatic carbocycles. The topological polar surface area (TPSA) is 58.1 Å².